The molecular formula is C19H14N2O2S. The Bertz CT molecular complexity index is 1060. The molecule has 0 aliphatic rings. The number of anilines is 2. The highest BCUT2D eigenvalue weighted by Crippen LogP contribution is 2.30. The van der Waals surface area contributed by atoms with Crippen LogP contribution in [0.25, 0.3) is 21.0 Å². The van der Waals surface area contributed by atoms with Crippen molar-refractivity contribution in [3.05, 3.63) is 66.2 Å². The molecule has 1 aromatic heterocycles. The van der Waals surface area contributed by atoms with E-state index in [9.17, 15) is 4.79 Å². The molecule has 1 heterocycles. The predicted octanol–water partition coefficient (Wildman–Crippen LogP) is 4.98. The minimum absolute atomic E-state index is 0.339. The molecule has 5 heteroatoms. The molecule has 0 radical (unpaired) electrons. The molecule has 4 aromatic rings. The normalized spacial score (nSPS) is 10.9. The Morgan fingerprint density at radius 2 is 1.88 bits per heavy atom. The molecule has 4 nitrogen and oxygen atoms in total. The smallest absolute Gasteiger partial charge is 0.337 e. The van der Waals surface area contributed by atoms with Gasteiger partial charge >= 0.3 is 5.97 Å². The fraction of sp³-hybridized carbons (Fsp3) is 0.0526. The number of esters is 1. The van der Waals surface area contributed by atoms with Gasteiger partial charge in [-0.05, 0) is 41.1 Å². The van der Waals surface area contributed by atoms with Gasteiger partial charge in [0.05, 0.1) is 22.9 Å². The van der Waals surface area contributed by atoms with Crippen LogP contribution in [-0.2, 0) is 4.74 Å². The molecule has 3 aromatic carbocycles. The van der Waals surface area contributed by atoms with Crippen molar-refractivity contribution in [3.63, 3.8) is 0 Å². The van der Waals surface area contributed by atoms with Gasteiger partial charge in [-0.15, -0.1) is 0 Å². The van der Waals surface area contributed by atoms with Crippen molar-refractivity contribution in [2.45, 2.75) is 0 Å². The first-order chi connectivity index (χ1) is 11.7. The monoisotopic (exact) mass is 334 g/mol. The number of ether oxygens (including phenoxy) is 1. The largest absolute Gasteiger partial charge is 0.465 e. The van der Waals surface area contributed by atoms with Crippen LogP contribution >= 0.6 is 11.3 Å². The molecule has 1 N–H and O–H groups in total. The van der Waals surface area contributed by atoms with Gasteiger partial charge in [0.25, 0.3) is 0 Å². The van der Waals surface area contributed by atoms with Crippen LogP contribution in [0.4, 0.5) is 10.8 Å². The van der Waals surface area contributed by atoms with Crippen molar-refractivity contribution in [2.24, 2.45) is 0 Å². The van der Waals surface area contributed by atoms with E-state index >= 15 is 0 Å². The van der Waals surface area contributed by atoms with Gasteiger partial charge in [0.1, 0.15) is 0 Å². The molecule has 0 spiro atoms. The van der Waals surface area contributed by atoms with Gasteiger partial charge in [-0.3, -0.25) is 0 Å². The Labute approximate surface area is 142 Å². The van der Waals surface area contributed by atoms with Crippen LogP contribution in [0.1, 0.15) is 10.4 Å². The quantitative estimate of drug-likeness (QED) is 0.537. The first-order valence-corrected chi connectivity index (χ1v) is 8.29. The number of hydrogen-bond donors (Lipinski definition) is 1. The number of rotatable bonds is 3. The van der Waals surface area contributed by atoms with Crippen molar-refractivity contribution in [2.75, 3.05) is 12.4 Å². The molecule has 0 amide bonds. The summed E-state index contributed by atoms with van der Waals surface area (Å²) in [6.07, 6.45) is 0. The number of nitrogens with zero attached hydrogens (tertiary/aromatic N) is 1. The van der Waals surface area contributed by atoms with E-state index in [-0.39, 0.29) is 5.97 Å². The van der Waals surface area contributed by atoms with E-state index in [0.29, 0.717) is 5.56 Å². The van der Waals surface area contributed by atoms with Crippen LogP contribution < -0.4 is 5.32 Å². The Hall–Kier alpha value is -2.92. The molecule has 118 valence electrons. The molecule has 0 fully saturated rings. The zero-order valence-corrected chi connectivity index (χ0v) is 13.8. The van der Waals surface area contributed by atoms with E-state index < -0.39 is 0 Å². The molecule has 0 unspecified atom stereocenters. The second-order valence-electron chi connectivity index (χ2n) is 5.38. The lowest BCUT2D eigenvalue weighted by Crippen LogP contribution is -1.99. The van der Waals surface area contributed by atoms with Crippen LogP contribution in [-0.4, -0.2) is 18.1 Å². The van der Waals surface area contributed by atoms with Gasteiger partial charge in [-0.2, -0.15) is 0 Å². The first kappa shape index (κ1) is 14.7. The average Bonchev–Trinajstić information content (AvgIpc) is 3.02. The summed E-state index contributed by atoms with van der Waals surface area (Å²) in [5.74, 6) is -0.339. The van der Waals surface area contributed by atoms with Crippen molar-refractivity contribution in [1.29, 1.82) is 0 Å². The minimum atomic E-state index is -0.339. The van der Waals surface area contributed by atoms with Crippen LogP contribution in [0.2, 0.25) is 0 Å². The summed E-state index contributed by atoms with van der Waals surface area (Å²) in [6.45, 7) is 0. The maximum absolute atomic E-state index is 11.6. The van der Waals surface area contributed by atoms with Crippen LogP contribution in [0, 0.1) is 0 Å². The van der Waals surface area contributed by atoms with E-state index in [1.165, 1.54) is 29.2 Å². The van der Waals surface area contributed by atoms with Crippen LogP contribution in [0.3, 0.4) is 0 Å². The molecular weight excluding hydrogens is 320 g/mol. The van der Waals surface area contributed by atoms with E-state index in [1.54, 1.807) is 6.07 Å². The molecule has 0 saturated carbocycles. The second kappa shape index (κ2) is 5.94. The summed E-state index contributed by atoms with van der Waals surface area (Å²) in [5.41, 5.74) is 2.38. The average molecular weight is 334 g/mol. The zero-order chi connectivity index (χ0) is 16.5. The summed E-state index contributed by atoms with van der Waals surface area (Å²) in [5, 5.41) is 6.51. The number of aromatic nitrogens is 1. The van der Waals surface area contributed by atoms with Crippen LogP contribution in [0.5, 0.6) is 0 Å². The SMILES string of the molecule is COC(=O)c1ccc2nc(Nc3ccc4ccccc4c3)sc2c1. The number of carbonyl (C=O) groups excluding carboxylic acids is 1. The lowest BCUT2D eigenvalue weighted by Gasteiger charge is -2.04. The topological polar surface area (TPSA) is 51.2 Å². The summed E-state index contributed by atoms with van der Waals surface area (Å²) in [6, 6.07) is 19.8. The molecule has 0 aliphatic heterocycles. The summed E-state index contributed by atoms with van der Waals surface area (Å²) in [7, 11) is 1.38. The minimum Gasteiger partial charge on any atom is -0.465 e. The maximum Gasteiger partial charge on any atom is 0.337 e. The Morgan fingerprint density at radius 3 is 2.71 bits per heavy atom. The van der Waals surface area contributed by atoms with Crippen molar-refractivity contribution in [1.82, 2.24) is 4.98 Å². The highest BCUT2D eigenvalue weighted by atomic mass is 32.1. The highest BCUT2D eigenvalue weighted by molar-refractivity contribution is 7.22. The van der Waals surface area contributed by atoms with Crippen molar-refractivity contribution >= 4 is 49.1 Å². The van der Waals surface area contributed by atoms with Gasteiger partial charge in [-0.1, -0.05) is 41.7 Å². The van der Waals surface area contributed by atoms with Gasteiger partial charge in [0.2, 0.25) is 0 Å². The number of fused-ring (bicyclic) bond motifs is 2. The van der Waals surface area contributed by atoms with Crippen molar-refractivity contribution in [3.8, 4) is 0 Å². The first-order valence-electron chi connectivity index (χ1n) is 7.48. The number of carbonyl (C=O) groups is 1. The number of thiazole rings is 1. The third-order valence-corrected chi connectivity index (χ3v) is 4.74. The maximum atomic E-state index is 11.6. The molecule has 4 rings (SSSR count). The third-order valence-electron chi connectivity index (χ3n) is 3.81. The van der Waals surface area contributed by atoms with E-state index in [2.05, 4.69) is 34.6 Å². The van der Waals surface area contributed by atoms with Gasteiger partial charge in [0.15, 0.2) is 5.13 Å². The summed E-state index contributed by atoms with van der Waals surface area (Å²) in [4.78, 5) is 16.2. The Morgan fingerprint density at radius 1 is 1.04 bits per heavy atom. The molecule has 0 bridgehead atoms. The lowest BCUT2D eigenvalue weighted by atomic mass is 10.1. The standard InChI is InChI=1S/C19H14N2O2S/c1-23-18(22)14-7-9-16-17(11-14)24-19(21-16)20-15-8-6-12-4-2-3-5-13(12)10-15/h2-11H,1H3,(H,20,21). The molecule has 0 aliphatic carbocycles. The molecule has 0 saturated heterocycles. The Kier molecular flexibility index (Phi) is 3.63. The lowest BCUT2D eigenvalue weighted by molar-refractivity contribution is 0.0601. The molecule has 24 heavy (non-hydrogen) atoms. The summed E-state index contributed by atoms with van der Waals surface area (Å²) >= 11 is 1.51. The number of hydrogen-bond acceptors (Lipinski definition) is 5. The van der Waals surface area contributed by atoms with E-state index in [4.69, 9.17) is 4.74 Å². The van der Waals surface area contributed by atoms with E-state index in [0.717, 1.165) is 21.0 Å². The fourth-order valence-corrected chi connectivity index (χ4v) is 3.54. The number of benzene rings is 3. The third kappa shape index (κ3) is 2.70. The van der Waals surface area contributed by atoms with Crippen LogP contribution in [0.15, 0.2) is 60.7 Å². The second-order valence-corrected chi connectivity index (χ2v) is 6.41. The number of nitrogens with one attached hydrogen (secondary N) is 1. The Balaban J connectivity index is 1.66. The van der Waals surface area contributed by atoms with E-state index in [1.807, 2.05) is 30.3 Å². The van der Waals surface area contributed by atoms with Gasteiger partial charge in [-0.25, -0.2) is 9.78 Å². The summed E-state index contributed by atoms with van der Waals surface area (Å²) < 4.78 is 5.70. The number of methoxy groups -OCH3 is 1. The van der Waals surface area contributed by atoms with Crippen molar-refractivity contribution < 1.29 is 9.53 Å². The predicted molar refractivity (Wildman–Crippen MR) is 98.2 cm³/mol. The zero-order valence-electron chi connectivity index (χ0n) is 12.9. The molecule has 0 atom stereocenters. The fourth-order valence-electron chi connectivity index (χ4n) is 2.61. The van der Waals surface area contributed by atoms with Gasteiger partial charge < -0.3 is 10.1 Å². The highest BCUT2D eigenvalue weighted by Gasteiger charge is 2.10. The van der Waals surface area contributed by atoms with Gasteiger partial charge in [0, 0.05) is 5.69 Å².